The summed E-state index contributed by atoms with van der Waals surface area (Å²) >= 11 is 0. The predicted molar refractivity (Wildman–Crippen MR) is 124 cm³/mol. The van der Waals surface area contributed by atoms with E-state index in [-0.39, 0.29) is 29.7 Å². The highest BCUT2D eigenvalue weighted by molar-refractivity contribution is 6.00. The Morgan fingerprint density at radius 3 is 2.69 bits per heavy atom. The molecule has 166 valence electrons. The van der Waals surface area contributed by atoms with Crippen molar-refractivity contribution in [1.82, 2.24) is 15.0 Å². The van der Waals surface area contributed by atoms with Crippen molar-refractivity contribution in [2.24, 2.45) is 5.92 Å². The van der Waals surface area contributed by atoms with Crippen LogP contribution in [0.5, 0.6) is 0 Å². The first-order valence-corrected chi connectivity index (χ1v) is 10.8. The zero-order valence-corrected chi connectivity index (χ0v) is 18.5. The third kappa shape index (κ3) is 4.08. The SMILES string of the molecule is CCn1c(NNC(=O)C2CC(=O)N(c3cccc(C(C)C)c3)C2)nc2ccccc2c1=O. The lowest BCUT2D eigenvalue weighted by atomic mass is 10.0. The van der Waals surface area contributed by atoms with Crippen LogP contribution >= 0.6 is 0 Å². The molecule has 2 amide bonds. The Hall–Kier alpha value is -3.68. The molecule has 0 spiro atoms. The van der Waals surface area contributed by atoms with Gasteiger partial charge in [-0.2, -0.15) is 0 Å². The number of anilines is 2. The molecule has 1 saturated heterocycles. The molecule has 3 aromatic rings. The van der Waals surface area contributed by atoms with Crippen LogP contribution in [-0.4, -0.2) is 27.9 Å². The lowest BCUT2D eigenvalue weighted by Crippen LogP contribution is -2.39. The van der Waals surface area contributed by atoms with Crippen molar-refractivity contribution >= 4 is 34.4 Å². The number of amides is 2. The first-order valence-electron chi connectivity index (χ1n) is 10.8. The number of hydrogen-bond donors (Lipinski definition) is 2. The highest BCUT2D eigenvalue weighted by Crippen LogP contribution is 2.28. The lowest BCUT2D eigenvalue weighted by molar-refractivity contribution is -0.125. The first kappa shape index (κ1) is 21.5. The highest BCUT2D eigenvalue weighted by Gasteiger charge is 2.35. The van der Waals surface area contributed by atoms with Gasteiger partial charge in [0.2, 0.25) is 17.8 Å². The number of nitrogens with one attached hydrogen (secondary N) is 2. The van der Waals surface area contributed by atoms with Crippen LogP contribution in [-0.2, 0) is 16.1 Å². The Labute approximate surface area is 186 Å². The van der Waals surface area contributed by atoms with Crippen molar-refractivity contribution in [2.45, 2.75) is 39.7 Å². The van der Waals surface area contributed by atoms with E-state index in [1.807, 2.05) is 31.2 Å². The molecule has 0 saturated carbocycles. The lowest BCUT2D eigenvalue weighted by Gasteiger charge is -2.19. The molecule has 2 aromatic carbocycles. The summed E-state index contributed by atoms with van der Waals surface area (Å²) in [5.41, 5.74) is 7.75. The minimum Gasteiger partial charge on any atom is -0.312 e. The number of nitrogens with zero attached hydrogens (tertiary/aromatic N) is 3. The summed E-state index contributed by atoms with van der Waals surface area (Å²) in [6.45, 7) is 6.74. The number of aromatic nitrogens is 2. The second-order valence-corrected chi connectivity index (χ2v) is 8.27. The van der Waals surface area contributed by atoms with Crippen LogP contribution in [0.1, 0.15) is 38.7 Å². The van der Waals surface area contributed by atoms with Crippen molar-refractivity contribution in [2.75, 3.05) is 16.9 Å². The van der Waals surface area contributed by atoms with Crippen LogP contribution in [0, 0.1) is 5.92 Å². The standard InChI is InChI=1S/C24H27N5O3/c1-4-28-23(32)19-10-5-6-11-20(19)25-24(28)27-26-22(31)17-13-21(30)29(14-17)18-9-7-8-16(12-18)15(2)3/h5-12,15,17H,4,13-14H2,1-3H3,(H,25,27)(H,26,31). The van der Waals surface area contributed by atoms with Gasteiger partial charge in [-0.15, -0.1) is 0 Å². The second kappa shape index (κ2) is 8.82. The van der Waals surface area contributed by atoms with Crippen LogP contribution in [0.4, 0.5) is 11.6 Å². The molecule has 1 unspecified atom stereocenters. The molecule has 2 heterocycles. The van der Waals surface area contributed by atoms with E-state index in [1.165, 1.54) is 4.57 Å². The summed E-state index contributed by atoms with van der Waals surface area (Å²) in [6, 6.07) is 14.9. The monoisotopic (exact) mass is 433 g/mol. The molecule has 8 heteroatoms. The zero-order valence-electron chi connectivity index (χ0n) is 18.5. The number of fused-ring (bicyclic) bond motifs is 1. The maximum absolute atomic E-state index is 12.8. The van der Waals surface area contributed by atoms with Gasteiger partial charge in [-0.3, -0.25) is 29.8 Å². The largest absolute Gasteiger partial charge is 0.312 e. The molecule has 1 atom stereocenters. The van der Waals surface area contributed by atoms with Crippen molar-refractivity contribution in [3.05, 3.63) is 64.4 Å². The van der Waals surface area contributed by atoms with Crippen molar-refractivity contribution < 1.29 is 9.59 Å². The minimum atomic E-state index is -0.500. The molecule has 1 fully saturated rings. The van der Waals surface area contributed by atoms with E-state index in [4.69, 9.17) is 0 Å². The van der Waals surface area contributed by atoms with Crippen LogP contribution in [0.25, 0.3) is 10.9 Å². The van der Waals surface area contributed by atoms with Gasteiger partial charge in [0.15, 0.2) is 0 Å². The number of rotatable bonds is 6. The van der Waals surface area contributed by atoms with Gasteiger partial charge in [0.1, 0.15) is 0 Å². The fourth-order valence-electron chi connectivity index (χ4n) is 3.96. The van der Waals surface area contributed by atoms with Crippen LogP contribution in [0.2, 0.25) is 0 Å². The molecule has 1 aromatic heterocycles. The molecular formula is C24H27N5O3. The minimum absolute atomic E-state index is 0.0830. The van der Waals surface area contributed by atoms with Gasteiger partial charge in [0, 0.05) is 25.2 Å². The third-order valence-corrected chi connectivity index (χ3v) is 5.82. The molecule has 1 aliphatic heterocycles. The number of carbonyl (C=O) groups is 2. The molecule has 0 radical (unpaired) electrons. The zero-order chi connectivity index (χ0) is 22.8. The number of para-hydroxylation sites is 1. The Morgan fingerprint density at radius 1 is 1.16 bits per heavy atom. The van der Waals surface area contributed by atoms with E-state index < -0.39 is 5.92 Å². The maximum Gasteiger partial charge on any atom is 0.262 e. The average molecular weight is 434 g/mol. The molecule has 4 rings (SSSR count). The molecule has 1 aliphatic rings. The number of hydrazine groups is 1. The van der Waals surface area contributed by atoms with Gasteiger partial charge in [-0.05, 0) is 42.7 Å². The van der Waals surface area contributed by atoms with Crippen LogP contribution < -0.4 is 21.3 Å². The Balaban J connectivity index is 1.48. The summed E-state index contributed by atoms with van der Waals surface area (Å²) in [5, 5.41) is 0.520. The normalized spacial score (nSPS) is 16.1. The second-order valence-electron chi connectivity index (χ2n) is 8.27. The van der Waals surface area contributed by atoms with Crippen LogP contribution in [0.3, 0.4) is 0 Å². The third-order valence-electron chi connectivity index (χ3n) is 5.82. The van der Waals surface area contributed by atoms with E-state index in [9.17, 15) is 14.4 Å². The molecule has 0 bridgehead atoms. The Kier molecular flexibility index (Phi) is 5.94. The van der Waals surface area contributed by atoms with Gasteiger partial charge < -0.3 is 4.90 Å². The Morgan fingerprint density at radius 2 is 1.94 bits per heavy atom. The van der Waals surface area contributed by atoms with E-state index in [0.29, 0.717) is 29.9 Å². The first-order chi connectivity index (χ1) is 15.4. The van der Waals surface area contributed by atoms with E-state index in [1.54, 1.807) is 29.2 Å². The van der Waals surface area contributed by atoms with E-state index >= 15 is 0 Å². The summed E-state index contributed by atoms with van der Waals surface area (Å²) in [6.07, 6.45) is 0.130. The summed E-state index contributed by atoms with van der Waals surface area (Å²) in [7, 11) is 0. The van der Waals surface area contributed by atoms with Gasteiger partial charge in [0.05, 0.1) is 16.8 Å². The summed E-state index contributed by atoms with van der Waals surface area (Å²) in [4.78, 5) is 44.2. The molecule has 32 heavy (non-hydrogen) atoms. The molecular weight excluding hydrogens is 406 g/mol. The fourth-order valence-corrected chi connectivity index (χ4v) is 3.96. The number of hydrogen-bond acceptors (Lipinski definition) is 5. The Bertz CT molecular complexity index is 1230. The van der Waals surface area contributed by atoms with Gasteiger partial charge >= 0.3 is 0 Å². The quantitative estimate of drug-likeness (QED) is 0.583. The molecule has 8 nitrogen and oxygen atoms in total. The van der Waals surface area contributed by atoms with E-state index in [2.05, 4.69) is 29.7 Å². The maximum atomic E-state index is 12.8. The summed E-state index contributed by atoms with van der Waals surface area (Å²) < 4.78 is 1.46. The highest BCUT2D eigenvalue weighted by atomic mass is 16.2. The van der Waals surface area contributed by atoms with Crippen molar-refractivity contribution in [1.29, 1.82) is 0 Å². The van der Waals surface area contributed by atoms with Gasteiger partial charge in [-0.1, -0.05) is 38.1 Å². The molecule has 0 aliphatic carbocycles. The summed E-state index contributed by atoms with van der Waals surface area (Å²) in [5.74, 6) is -0.289. The van der Waals surface area contributed by atoms with Crippen molar-refractivity contribution in [3.63, 3.8) is 0 Å². The average Bonchev–Trinajstić information content (AvgIpc) is 3.19. The number of carbonyl (C=O) groups excluding carboxylic acids is 2. The smallest absolute Gasteiger partial charge is 0.262 e. The van der Waals surface area contributed by atoms with Crippen molar-refractivity contribution in [3.8, 4) is 0 Å². The van der Waals surface area contributed by atoms with Crippen LogP contribution in [0.15, 0.2) is 53.3 Å². The molecule has 2 N–H and O–H groups in total. The van der Waals surface area contributed by atoms with Gasteiger partial charge in [0.25, 0.3) is 5.56 Å². The van der Waals surface area contributed by atoms with Gasteiger partial charge in [-0.25, -0.2) is 4.98 Å². The number of benzene rings is 2. The predicted octanol–water partition coefficient (Wildman–Crippen LogP) is 3.04. The fraction of sp³-hybridized carbons (Fsp3) is 0.333. The van der Waals surface area contributed by atoms with E-state index in [0.717, 1.165) is 11.3 Å². The topological polar surface area (TPSA) is 96.3 Å².